The quantitative estimate of drug-likeness (QED) is 0.0322. The van der Waals surface area contributed by atoms with Crippen LogP contribution in [0.2, 0.25) is 0 Å². The number of phosphoric ester groups is 1. The molecule has 8 rings (SSSR count). The van der Waals surface area contributed by atoms with Crippen LogP contribution in [0, 0.1) is 59.2 Å². The Bertz CT molecular complexity index is 3650. The van der Waals surface area contributed by atoms with Gasteiger partial charge in [-0.3, -0.25) is 47.2 Å². The van der Waals surface area contributed by atoms with Crippen molar-refractivity contribution in [3.8, 4) is 0 Å². The number of hydrogen-bond donors (Lipinski definition) is 10. The van der Waals surface area contributed by atoms with E-state index in [0.717, 1.165) is 11.1 Å². The predicted octanol–water partition coefficient (Wildman–Crippen LogP) is 5.36. The number of nitrogens with zero attached hydrogens (tertiary/aromatic N) is 7. The number of aryl methyl sites for hydroxylation is 2. The summed E-state index contributed by atoms with van der Waals surface area (Å²) in [6, 6.07) is 1.85. The van der Waals surface area contributed by atoms with Gasteiger partial charge in [0.2, 0.25) is 47.2 Å². The number of carbonyl (C=O) groups is 7. The summed E-state index contributed by atoms with van der Waals surface area (Å²) in [5, 5.41) is 52.6. The van der Waals surface area contributed by atoms with Gasteiger partial charge in [-0.05, 0) is 112 Å². The number of primary amides is 6. The Morgan fingerprint density at radius 3 is 2.00 bits per heavy atom. The molecule has 1 aromatic carbocycles. The molecule has 7 amide bonds. The summed E-state index contributed by atoms with van der Waals surface area (Å²) in [7, 11) is -5.10. The van der Waals surface area contributed by atoms with Crippen molar-refractivity contribution in [2.24, 2.45) is 67.9 Å². The number of rotatable bonds is 26. The maximum atomic E-state index is 14.4. The molecule has 511 valence electrons. The van der Waals surface area contributed by atoms with Crippen LogP contribution in [-0.4, -0.2) is 106 Å². The molecule has 1 aromatic heterocycles. The van der Waals surface area contributed by atoms with E-state index in [0.29, 0.717) is 61.8 Å². The van der Waals surface area contributed by atoms with E-state index in [4.69, 9.17) is 81.3 Å². The number of aromatic nitrogens is 2. The van der Waals surface area contributed by atoms with Crippen LogP contribution in [-0.2, 0) is 68.7 Å². The first-order valence-corrected chi connectivity index (χ1v) is 31.9. The second kappa shape index (κ2) is 28.1. The van der Waals surface area contributed by atoms with Crippen LogP contribution in [0.15, 0.2) is 81.1 Å². The normalized spacial score (nSPS) is 30.7. The van der Waals surface area contributed by atoms with Crippen LogP contribution < -0.4 is 49.3 Å². The first kappa shape index (κ1) is 74.3. The number of imidazole rings is 1. The molecule has 12 atom stereocenters. The molecule has 0 aliphatic carbocycles. The number of ether oxygens (including phenoxy) is 1. The number of nitrogens with two attached hydrogens (primary N) is 6. The number of hydrogen-bond acceptors (Lipinski definition) is 14. The Hall–Kier alpha value is -7.71. The SMILES string of the molecule is C/C1=C2/[N-]C(=C(CCC(N)=O)C2(C)CC(N)=O)/C=C2\[N-]C(/C(C)=C3\[N-]C(C(CC(N)=O)C3(C)CCC(=O)NCC(C)OP(=O)(O)OC3C(O)=C([n+]4c[n-]c5cc(C)c(C)cc54)OC3CO)C3(C)[N-]C1=C(CCC(N)=O)C3(C)CC(N)=O)C(CCC(N)=O)C2(C)C.[C-]#N.[Co]. The van der Waals surface area contributed by atoms with E-state index in [2.05, 4.69) is 10.3 Å². The zero-order valence-corrected chi connectivity index (χ0v) is 56.2. The van der Waals surface area contributed by atoms with Crippen LogP contribution in [0.5, 0.6) is 0 Å². The van der Waals surface area contributed by atoms with Gasteiger partial charge in [0.15, 0.2) is 18.0 Å². The standard InChI is InChI=1S/C62H86N13O14P.CN.Co/c1-29-20-39-40(21-30(29)2)75(28-70-39)57-52(84)53(41(27-76)87-57)89-90(85,86)88-31(3)26-69-49(83)18-19-59(8)37(22-46(66)80)56-62(11)61(10,25-48(68)82)36(14-17-45(65)79)51(74-62)33(5)55-60(9,24-47(67)81)34(12-15-43(63)77)38(71-55)23-42-58(6,7)35(13-16-44(64)78)50(72-42)32(4)54(59)73-56;1-2;/h20-21,23,28,31,35,37,41,50,53,56,76H,12-19,22,24-27H2,1-11H3,(H15,63,64,65,66,67,68,69,77,78,79,80,81,82,83,84,85,86);;/q-4;-1;/b42-23-,54-32-,55-33-;;. The van der Waals surface area contributed by atoms with Gasteiger partial charge in [-0.25, -0.2) is 9.55 Å². The summed E-state index contributed by atoms with van der Waals surface area (Å²) in [4.78, 5) is 109. The Morgan fingerprint density at radius 1 is 0.817 bits per heavy atom. The third-order valence-electron chi connectivity index (χ3n) is 19.9. The van der Waals surface area contributed by atoms with E-state index in [1.807, 2.05) is 53.7 Å². The molecule has 7 heterocycles. The number of aliphatic hydroxyl groups excluding tert-OH is 2. The number of fused-ring (bicyclic) bond motifs is 10. The van der Waals surface area contributed by atoms with E-state index >= 15 is 0 Å². The molecule has 6 aliphatic heterocycles. The molecule has 2 fully saturated rings. The molecule has 2 aromatic rings. The topological polar surface area (TPSA) is 491 Å². The van der Waals surface area contributed by atoms with Gasteiger partial charge >= 0.3 is 7.82 Å². The van der Waals surface area contributed by atoms with Crippen LogP contribution in [0.3, 0.4) is 0 Å². The molecule has 30 heteroatoms. The Kier molecular flexibility index (Phi) is 22.4. The second-order valence-corrected chi connectivity index (χ2v) is 27.8. The second-order valence-electron chi connectivity index (χ2n) is 26.4. The summed E-state index contributed by atoms with van der Waals surface area (Å²) in [6.07, 6.45) is -2.35. The zero-order chi connectivity index (χ0) is 68.7. The fourth-order valence-corrected chi connectivity index (χ4v) is 15.8. The number of carbonyl (C=O) groups excluding carboxylic acids is 7. The van der Waals surface area contributed by atoms with E-state index in [1.165, 1.54) is 17.8 Å². The van der Waals surface area contributed by atoms with Gasteiger partial charge in [0.25, 0.3) is 0 Å². The summed E-state index contributed by atoms with van der Waals surface area (Å²) in [5.41, 5.74) is 36.8. The smallest absolute Gasteiger partial charge is 0.473 e. The fourth-order valence-electron chi connectivity index (χ4n) is 14.7. The number of nitrogens with one attached hydrogen (secondary N) is 1. The minimum atomic E-state index is -5.10. The molecule has 0 spiro atoms. The molecule has 16 N–H and O–H groups in total. The monoisotopic (exact) mass is 1350 g/mol. The Balaban J connectivity index is 0.00000453. The van der Waals surface area contributed by atoms with Gasteiger partial charge in [0, 0.05) is 73.7 Å². The molecule has 2 saturated heterocycles. The predicted molar refractivity (Wildman–Crippen MR) is 336 cm³/mol. The van der Waals surface area contributed by atoms with Crippen LogP contribution in [0.4, 0.5) is 0 Å². The molecule has 93 heavy (non-hydrogen) atoms. The Labute approximate surface area is 551 Å². The van der Waals surface area contributed by atoms with Gasteiger partial charge in [0.1, 0.15) is 6.33 Å². The summed E-state index contributed by atoms with van der Waals surface area (Å²) in [5.74, 6) is -6.71. The summed E-state index contributed by atoms with van der Waals surface area (Å²) >= 11 is 0. The Morgan fingerprint density at radius 2 is 1.42 bits per heavy atom. The van der Waals surface area contributed by atoms with Crippen molar-refractivity contribution in [2.75, 3.05) is 13.2 Å². The van der Waals surface area contributed by atoms with Crippen molar-refractivity contribution in [3.05, 3.63) is 120 Å². The fraction of sp³-hybridized carbons (Fsp3) is 0.571. The maximum absolute atomic E-state index is 14.4. The van der Waals surface area contributed by atoms with Crippen LogP contribution >= 0.6 is 7.82 Å². The minimum Gasteiger partial charge on any atom is -0.685 e. The molecule has 1 radical (unpaired) electrons. The van der Waals surface area contributed by atoms with Crippen molar-refractivity contribution in [1.29, 1.82) is 5.26 Å². The molecule has 6 aliphatic rings. The van der Waals surface area contributed by atoms with Crippen molar-refractivity contribution in [2.45, 2.75) is 183 Å². The van der Waals surface area contributed by atoms with Crippen LogP contribution in [0.25, 0.3) is 38.2 Å². The number of benzene rings is 1. The molecule has 8 bridgehead atoms. The molecular weight excluding hydrogens is 1270 g/mol. The van der Waals surface area contributed by atoms with Gasteiger partial charge in [-0.1, -0.05) is 70.4 Å². The van der Waals surface area contributed by atoms with E-state index in [9.17, 15) is 53.2 Å². The van der Waals surface area contributed by atoms with Crippen LogP contribution in [0.1, 0.15) is 144 Å². The average Bonchev–Trinajstić information content (AvgIpc) is 1.53. The largest absolute Gasteiger partial charge is 0.685 e. The maximum Gasteiger partial charge on any atom is 0.473 e. The first-order chi connectivity index (χ1) is 42.8. The van der Waals surface area contributed by atoms with Crippen molar-refractivity contribution in [3.63, 3.8) is 0 Å². The third kappa shape index (κ3) is 14.4. The summed E-state index contributed by atoms with van der Waals surface area (Å²) < 4.78 is 31.9. The number of aliphatic hydroxyl groups is 2. The minimum absolute atomic E-state index is 0. The summed E-state index contributed by atoms with van der Waals surface area (Å²) in [6.45, 7) is 23.7. The molecule has 28 nitrogen and oxygen atoms in total. The van der Waals surface area contributed by atoms with Crippen molar-refractivity contribution >= 4 is 66.1 Å². The molecule has 12 unspecified atom stereocenters. The van der Waals surface area contributed by atoms with Gasteiger partial charge in [-0.2, -0.15) is 11.4 Å². The average molecular weight is 1350 g/mol. The van der Waals surface area contributed by atoms with Gasteiger partial charge in [0.05, 0.1) is 23.7 Å². The zero-order valence-electron chi connectivity index (χ0n) is 54.3. The number of amides is 7. The molecular formula is C63H86CoN14O14P-5. The van der Waals surface area contributed by atoms with Crippen molar-refractivity contribution in [1.82, 2.24) is 10.3 Å². The van der Waals surface area contributed by atoms with Gasteiger partial charge in [-0.15, -0.1) is 34.2 Å². The van der Waals surface area contributed by atoms with Crippen molar-refractivity contribution < 1.29 is 88.4 Å². The number of phosphoric acid groups is 1. The van der Waals surface area contributed by atoms with Gasteiger partial charge < -0.3 is 92.7 Å². The van der Waals surface area contributed by atoms with E-state index in [1.54, 1.807) is 33.8 Å². The van der Waals surface area contributed by atoms with E-state index < -0.39 is 131 Å². The number of allylic oxidation sites excluding steroid dienone is 5. The third-order valence-corrected chi connectivity index (χ3v) is 21.0. The first-order valence-electron chi connectivity index (χ1n) is 30.4. The molecule has 0 saturated carbocycles. The van der Waals surface area contributed by atoms with E-state index in [-0.39, 0.29) is 99.8 Å².